The molecule has 0 amide bonds. The van der Waals surface area contributed by atoms with Gasteiger partial charge in [0.25, 0.3) is 0 Å². The fraction of sp³-hybridized carbons (Fsp3) is 0.625. The number of rotatable bonds is 5. The zero-order chi connectivity index (χ0) is 13.2. The highest BCUT2D eigenvalue weighted by atomic mass is 16.5. The summed E-state index contributed by atoms with van der Waals surface area (Å²) in [5.74, 6) is 1.91. The lowest BCUT2D eigenvalue weighted by Crippen LogP contribution is -2.38. The van der Waals surface area contributed by atoms with Crippen molar-refractivity contribution >= 4 is 0 Å². The number of likely N-dealkylation sites (N-methyl/N-ethyl adjacent to an activating group) is 1. The van der Waals surface area contributed by atoms with E-state index in [1.165, 1.54) is 31.4 Å². The maximum absolute atomic E-state index is 5.33. The van der Waals surface area contributed by atoms with E-state index in [9.17, 15) is 0 Å². The number of piperidine rings is 1. The molecule has 1 aliphatic heterocycles. The summed E-state index contributed by atoms with van der Waals surface area (Å²) in [7, 11) is 3.78. The number of hydrogen-bond donors (Lipinski definition) is 1. The number of ether oxygens (including phenoxy) is 1. The summed E-state index contributed by atoms with van der Waals surface area (Å²) in [6.07, 6.45) is 4.28. The normalized spacial score (nSPS) is 27.7. The fourth-order valence-electron chi connectivity index (χ4n) is 3.71. The first-order valence-corrected chi connectivity index (χ1v) is 7.35. The van der Waals surface area contributed by atoms with Gasteiger partial charge in [-0.1, -0.05) is 12.1 Å². The molecule has 0 spiro atoms. The van der Waals surface area contributed by atoms with Crippen LogP contribution in [0.25, 0.3) is 0 Å². The van der Waals surface area contributed by atoms with Crippen molar-refractivity contribution in [1.29, 1.82) is 0 Å². The van der Waals surface area contributed by atoms with E-state index in [1.54, 1.807) is 7.11 Å². The van der Waals surface area contributed by atoms with Crippen molar-refractivity contribution in [2.75, 3.05) is 27.2 Å². The van der Waals surface area contributed by atoms with E-state index < -0.39 is 0 Å². The molecule has 1 aromatic carbocycles. The monoisotopic (exact) mass is 260 g/mol. The molecule has 1 N–H and O–H groups in total. The molecule has 3 nitrogen and oxygen atoms in total. The van der Waals surface area contributed by atoms with Crippen LogP contribution in [0.5, 0.6) is 5.75 Å². The molecule has 104 valence electrons. The third-order valence-electron chi connectivity index (χ3n) is 4.78. The van der Waals surface area contributed by atoms with E-state index in [1.807, 2.05) is 6.07 Å². The van der Waals surface area contributed by atoms with E-state index in [0.29, 0.717) is 6.04 Å². The third kappa shape index (κ3) is 2.63. The molecule has 3 atom stereocenters. The molecule has 19 heavy (non-hydrogen) atoms. The molecule has 3 unspecified atom stereocenters. The summed E-state index contributed by atoms with van der Waals surface area (Å²) in [4.78, 5) is 2.68. The summed E-state index contributed by atoms with van der Waals surface area (Å²) in [5, 5.41) is 3.46. The zero-order valence-corrected chi connectivity index (χ0v) is 11.9. The Morgan fingerprint density at radius 2 is 2.32 bits per heavy atom. The van der Waals surface area contributed by atoms with Crippen molar-refractivity contribution in [3.63, 3.8) is 0 Å². The lowest BCUT2D eigenvalue weighted by Gasteiger charge is -2.31. The molecule has 2 aliphatic rings. The lowest BCUT2D eigenvalue weighted by atomic mass is 10.0. The molecule has 1 aliphatic carbocycles. The average molecular weight is 260 g/mol. The van der Waals surface area contributed by atoms with Crippen LogP contribution in [0, 0.1) is 5.92 Å². The van der Waals surface area contributed by atoms with E-state index in [0.717, 1.165) is 24.3 Å². The summed E-state index contributed by atoms with van der Waals surface area (Å²) >= 11 is 0. The number of benzene rings is 1. The second kappa shape index (κ2) is 5.51. The van der Waals surface area contributed by atoms with Gasteiger partial charge in [-0.15, -0.1) is 0 Å². The van der Waals surface area contributed by atoms with Gasteiger partial charge in [-0.25, -0.2) is 0 Å². The quantitative estimate of drug-likeness (QED) is 0.880. The van der Waals surface area contributed by atoms with Gasteiger partial charge in [0.1, 0.15) is 5.75 Å². The third-order valence-corrected chi connectivity index (χ3v) is 4.78. The van der Waals surface area contributed by atoms with Crippen LogP contribution in [0.1, 0.15) is 30.9 Å². The minimum Gasteiger partial charge on any atom is -0.497 e. The Balaban J connectivity index is 1.69. The molecule has 0 aromatic heterocycles. The fourth-order valence-corrected chi connectivity index (χ4v) is 3.71. The molecule has 1 saturated carbocycles. The standard InChI is InChI=1S/C16H24N2O/c1-17-16(13-4-3-5-15(9-13)19-2)11-18-10-12-6-7-14(18)8-12/h3-5,9,12,14,16-17H,6-8,10-11H2,1-2H3. The first kappa shape index (κ1) is 12.9. The number of methoxy groups -OCH3 is 1. The molecule has 3 rings (SSSR count). The zero-order valence-electron chi connectivity index (χ0n) is 11.9. The maximum atomic E-state index is 5.33. The Labute approximate surface area is 115 Å². The van der Waals surface area contributed by atoms with Crippen LogP contribution in [0.3, 0.4) is 0 Å². The van der Waals surface area contributed by atoms with Crippen molar-refractivity contribution in [2.24, 2.45) is 5.92 Å². The van der Waals surface area contributed by atoms with E-state index in [4.69, 9.17) is 4.74 Å². The Morgan fingerprint density at radius 3 is 2.95 bits per heavy atom. The Kier molecular flexibility index (Phi) is 3.76. The van der Waals surface area contributed by atoms with Crippen LogP contribution < -0.4 is 10.1 Å². The highest BCUT2D eigenvalue weighted by Gasteiger charge is 2.38. The van der Waals surface area contributed by atoms with E-state index in [-0.39, 0.29) is 0 Å². The van der Waals surface area contributed by atoms with Crippen molar-refractivity contribution < 1.29 is 4.74 Å². The average Bonchev–Trinajstić information content (AvgIpc) is 3.07. The SMILES string of the molecule is CNC(CN1CC2CCC1C2)c1cccc(OC)c1. The van der Waals surface area contributed by atoms with Gasteiger partial charge < -0.3 is 10.1 Å². The summed E-state index contributed by atoms with van der Waals surface area (Å²) in [6, 6.07) is 9.66. The molecular formula is C16H24N2O. The highest BCUT2D eigenvalue weighted by molar-refractivity contribution is 5.30. The van der Waals surface area contributed by atoms with Crippen LogP contribution in [0.2, 0.25) is 0 Å². The van der Waals surface area contributed by atoms with Gasteiger partial charge in [-0.2, -0.15) is 0 Å². The second-order valence-electron chi connectivity index (χ2n) is 5.90. The summed E-state index contributed by atoms with van der Waals surface area (Å²) in [5.41, 5.74) is 1.32. The second-order valence-corrected chi connectivity index (χ2v) is 5.90. The number of hydrogen-bond acceptors (Lipinski definition) is 3. The van der Waals surface area contributed by atoms with E-state index >= 15 is 0 Å². The summed E-state index contributed by atoms with van der Waals surface area (Å²) in [6.45, 7) is 2.41. The van der Waals surface area contributed by atoms with Crippen LogP contribution in [-0.2, 0) is 0 Å². The molecule has 1 aromatic rings. The largest absolute Gasteiger partial charge is 0.497 e. The molecular weight excluding hydrogens is 236 g/mol. The number of fused-ring (bicyclic) bond motifs is 2. The minimum absolute atomic E-state index is 0.398. The van der Waals surface area contributed by atoms with Crippen molar-refractivity contribution in [1.82, 2.24) is 10.2 Å². The van der Waals surface area contributed by atoms with Crippen LogP contribution in [0.4, 0.5) is 0 Å². The Morgan fingerprint density at radius 1 is 1.42 bits per heavy atom. The van der Waals surface area contributed by atoms with E-state index in [2.05, 4.69) is 35.5 Å². The van der Waals surface area contributed by atoms with Gasteiger partial charge in [0.2, 0.25) is 0 Å². The van der Waals surface area contributed by atoms with Gasteiger partial charge in [-0.3, -0.25) is 4.90 Å². The molecule has 2 fully saturated rings. The highest BCUT2D eigenvalue weighted by Crippen LogP contribution is 2.38. The number of likely N-dealkylation sites (tertiary alicyclic amines) is 1. The van der Waals surface area contributed by atoms with Gasteiger partial charge >= 0.3 is 0 Å². The smallest absolute Gasteiger partial charge is 0.119 e. The first-order valence-electron chi connectivity index (χ1n) is 7.35. The summed E-state index contributed by atoms with van der Waals surface area (Å²) < 4.78 is 5.33. The first-order chi connectivity index (χ1) is 9.30. The van der Waals surface area contributed by atoms with Gasteiger partial charge in [0.05, 0.1) is 7.11 Å². The van der Waals surface area contributed by atoms with Crippen molar-refractivity contribution in [2.45, 2.75) is 31.3 Å². The molecule has 0 radical (unpaired) electrons. The van der Waals surface area contributed by atoms with Gasteiger partial charge in [0, 0.05) is 25.2 Å². The number of nitrogens with zero attached hydrogens (tertiary/aromatic N) is 1. The number of nitrogens with one attached hydrogen (secondary N) is 1. The molecule has 1 heterocycles. The minimum atomic E-state index is 0.398. The molecule has 1 saturated heterocycles. The van der Waals surface area contributed by atoms with Gasteiger partial charge in [0.15, 0.2) is 0 Å². The van der Waals surface area contributed by atoms with Crippen LogP contribution in [0.15, 0.2) is 24.3 Å². The van der Waals surface area contributed by atoms with Crippen molar-refractivity contribution in [3.8, 4) is 5.75 Å². The maximum Gasteiger partial charge on any atom is 0.119 e. The van der Waals surface area contributed by atoms with Crippen LogP contribution in [-0.4, -0.2) is 38.2 Å². The van der Waals surface area contributed by atoms with Gasteiger partial charge in [-0.05, 0) is 49.9 Å². The topological polar surface area (TPSA) is 24.5 Å². The Bertz CT molecular complexity index is 435. The molecule has 3 heteroatoms. The van der Waals surface area contributed by atoms with Crippen LogP contribution >= 0.6 is 0 Å². The predicted octanol–water partition coefficient (Wildman–Crippen LogP) is 2.44. The Hall–Kier alpha value is -1.06. The molecule has 2 bridgehead atoms. The predicted molar refractivity (Wildman–Crippen MR) is 77.5 cm³/mol. The van der Waals surface area contributed by atoms with Crippen molar-refractivity contribution in [3.05, 3.63) is 29.8 Å². The lowest BCUT2D eigenvalue weighted by molar-refractivity contribution is 0.194.